The van der Waals surface area contributed by atoms with Crippen LogP contribution in [0.3, 0.4) is 0 Å². The maximum atomic E-state index is 13.3. The van der Waals surface area contributed by atoms with Gasteiger partial charge < -0.3 is 5.32 Å². The predicted molar refractivity (Wildman–Crippen MR) is 108 cm³/mol. The van der Waals surface area contributed by atoms with E-state index < -0.39 is 21.8 Å². The number of halogens is 2. The van der Waals surface area contributed by atoms with E-state index in [1.807, 2.05) is 25.1 Å². The molecule has 0 aromatic heterocycles. The van der Waals surface area contributed by atoms with Crippen LogP contribution < -0.4 is 5.32 Å². The number of carbonyl (C=O) groups excluding carboxylic acids is 1. The molecule has 1 amide bonds. The Labute approximate surface area is 169 Å². The van der Waals surface area contributed by atoms with E-state index >= 15 is 0 Å². The van der Waals surface area contributed by atoms with Crippen LogP contribution in [0.4, 0.5) is 10.1 Å². The Morgan fingerprint density at radius 3 is 2.75 bits per heavy atom. The Hall–Kier alpha value is -1.96. The monoisotopic (exact) mass is 424 g/mol. The SMILES string of the molecule is Cc1ccccc1CS(=O)(=O)N1CCC[C@@H](C(=O)Nc2ccc(F)c(Cl)c2)C1. The number of rotatable bonds is 5. The largest absolute Gasteiger partial charge is 0.326 e. The Morgan fingerprint density at radius 1 is 1.29 bits per heavy atom. The van der Waals surface area contributed by atoms with Crippen LogP contribution in [0, 0.1) is 18.7 Å². The lowest BCUT2D eigenvalue weighted by atomic mass is 9.99. The molecule has 5 nitrogen and oxygen atoms in total. The average molecular weight is 425 g/mol. The molecule has 1 fully saturated rings. The summed E-state index contributed by atoms with van der Waals surface area (Å²) in [5, 5.41) is 2.62. The molecule has 0 saturated carbocycles. The highest BCUT2D eigenvalue weighted by Gasteiger charge is 2.32. The second-order valence-corrected chi connectivity index (χ2v) is 9.37. The first-order valence-electron chi connectivity index (χ1n) is 9.04. The standard InChI is InChI=1S/C20H22ClFN2O3S/c1-14-5-2-3-6-16(14)13-28(26,27)24-10-4-7-15(12-24)20(25)23-17-8-9-19(22)18(21)11-17/h2-3,5-6,8-9,11,15H,4,7,10,12-13H2,1H3,(H,23,25)/t15-/m1/s1. The zero-order valence-corrected chi connectivity index (χ0v) is 17.1. The topological polar surface area (TPSA) is 66.5 Å². The summed E-state index contributed by atoms with van der Waals surface area (Å²) in [6.45, 7) is 2.42. The number of benzene rings is 2. The first kappa shape index (κ1) is 20.8. The minimum atomic E-state index is -3.53. The van der Waals surface area contributed by atoms with E-state index in [0.717, 1.165) is 11.1 Å². The summed E-state index contributed by atoms with van der Waals surface area (Å²) < 4.78 is 40.4. The zero-order chi connectivity index (χ0) is 20.3. The molecule has 1 atom stereocenters. The van der Waals surface area contributed by atoms with Crippen LogP contribution in [-0.2, 0) is 20.6 Å². The quantitative estimate of drug-likeness (QED) is 0.789. The highest BCUT2D eigenvalue weighted by molar-refractivity contribution is 7.88. The molecule has 150 valence electrons. The fourth-order valence-corrected chi connectivity index (χ4v) is 5.18. The summed E-state index contributed by atoms with van der Waals surface area (Å²) >= 11 is 5.74. The summed E-state index contributed by atoms with van der Waals surface area (Å²) in [6.07, 6.45) is 1.20. The molecular weight excluding hydrogens is 403 g/mol. The van der Waals surface area contributed by atoms with Crippen molar-refractivity contribution in [3.63, 3.8) is 0 Å². The van der Waals surface area contributed by atoms with E-state index in [2.05, 4.69) is 5.32 Å². The molecule has 0 bridgehead atoms. The molecule has 8 heteroatoms. The van der Waals surface area contributed by atoms with Crippen molar-refractivity contribution < 1.29 is 17.6 Å². The molecule has 0 spiro atoms. The van der Waals surface area contributed by atoms with Crippen molar-refractivity contribution in [2.24, 2.45) is 5.92 Å². The van der Waals surface area contributed by atoms with Crippen LogP contribution in [0.5, 0.6) is 0 Å². The van der Waals surface area contributed by atoms with Gasteiger partial charge in [0.25, 0.3) is 0 Å². The third-order valence-corrected chi connectivity index (χ3v) is 7.02. The van der Waals surface area contributed by atoms with Gasteiger partial charge in [0.05, 0.1) is 16.7 Å². The van der Waals surface area contributed by atoms with E-state index in [1.165, 1.54) is 22.5 Å². The number of sulfonamides is 1. The van der Waals surface area contributed by atoms with Gasteiger partial charge in [-0.3, -0.25) is 4.79 Å². The molecule has 0 radical (unpaired) electrons. The maximum Gasteiger partial charge on any atom is 0.228 e. The Balaban J connectivity index is 1.68. The van der Waals surface area contributed by atoms with E-state index in [-0.39, 0.29) is 23.2 Å². The van der Waals surface area contributed by atoms with E-state index in [1.54, 1.807) is 6.07 Å². The number of piperidine rings is 1. The first-order valence-corrected chi connectivity index (χ1v) is 11.0. The molecule has 1 aliphatic heterocycles. The minimum absolute atomic E-state index is 0.0797. The highest BCUT2D eigenvalue weighted by Crippen LogP contribution is 2.25. The average Bonchev–Trinajstić information content (AvgIpc) is 2.66. The Kier molecular flexibility index (Phi) is 6.37. The van der Waals surface area contributed by atoms with E-state index in [9.17, 15) is 17.6 Å². The number of anilines is 1. The van der Waals surface area contributed by atoms with Crippen LogP contribution in [0.25, 0.3) is 0 Å². The van der Waals surface area contributed by atoms with E-state index in [0.29, 0.717) is 25.1 Å². The van der Waals surface area contributed by atoms with Crippen molar-refractivity contribution in [2.45, 2.75) is 25.5 Å². The molecule has 0 aliphatic carbocycles. The van der Waals surface area contributed by atoms with Gasteiger partial charge in [-0.1, -0.05) is 35.9 Å². The highest BCUT2D eigenvalue weighted by atomic mass is 35.5. The maximum absolute atomic E-state index is 13.3. The smallest absolute Gasteiger partial charge is 0.228 e. The Bertz CT molecular complexity index is 981. The van der Waals surface area contributed by atoms with Crippen LogP contribution in [0.1, 0.15) is 24.0 Å². The van der Waals surface area contributed by atoms with Crippen molar-refractivity contribution in [1.82, 2.24) is 4.31 Å². The summed E-state index contributed by atoms with van der Waals surface area (Å²) in [4.78, 5) is 12.6. The fourth-order valence-electron chi connectivity index (χ4n) is 3.29. The number of nitrogens with zero attached hydrogens (tertiary/aromatic N) is 1. The predicted octanol–water partition coefficient (Wildman–Crippen LogP) is 3.97. The van der Waals surface area contributed by atoms with Gasteiger partial charge in [0.1, 0.15) is 5.82 Å². The second-order valence-electron chi connectivity index (χ2n) is 7.00. The van der Waals surface area contributed by atoms with Crippen molar-refractivity contribution in [3.05, 3.63) is 64.4 Å². The van der Waals surface area contributed by atoms with Gasteiger partial charge in [-0.25, -0.2) is 17.1 Å². The first-order chi connectivity index (χ1) is 13.3. The number of aryl methyl sites for hydroxylation is 1. The lowest BCUT2D eigenvalue weighted by molar-refractivity contribution is -0.120. The van der Waals surface area contributed by atoms with Crippen LogP contribution in [-0.4, -0.2) is 31.7 Å². The summed E-state index contributed by atoms with van der Waals surface area (Å²) in [6, 6.07) is 11.3. The molecule has 28 heavy (non-hydrogen) atoms. The molecule has 0 unspecified atom stereocenters. The van der Waals surface area contributed by atoms with Gasteiger partial charge in [0, 0.05) is 18.8 Å². The lowest BCUT2D eigenvalue weighted by Crippen LogP contribution is -2.44. The van der Waals surface area contributed by atoms with E-state index in [4.69, 9.17) is 11.6 Å². The van der Waals surface area contributed by atoms with Gasteiger partial charge in [-0.15, -0.1) is 0 Å². The van der Waals surface area contributed by atoms with Gasteiger partial charge in [0.2, 0.25) is 15.9 Å². The summed E-state index contributed by atoms with van der Waals surface area (Å²) in [5.41, 5.74) is 2.07. The van der Waals surface area contributed by atoms with Crippen LogP contribution in [0.15, 0.2) is 42.5 Å². The van der Waals surface area contributed by atoms with Crippen molar-refractivity contribution >= 4 is 33.2 Å². The molecule has 1 heterocycles. The van der Waals surface area contributed by atoms with Crippen molar-refractivity contribution in [3.8, 4) is 0 Å². The molecule has 2 aromatic rings. The molecule has 2 aromatic carbocycles. The third kappa shape index (κ3) is 4.90. The second kappa shape index (κ2) is 8.59. The number of nitrogens with one attached hydrogen (secondary N) is 1. The third-order valence-electron chi connectivity index (χ3n) is 4.93. The van der Waals surface area contributed by atoms with Crippen LogP contribution in [0.2, 0.25) is 5.02 Å². The van der Waals surface area contributed by atoms with Gasteiger partial charge in [-0.05, 0) is 49.1 Å². The summed E-state index contributed by atoms with van der Waals surface area (Å²) in [5.74, 6) is -1.41. The molecular formula is C20H22ClFN2O3S. The number of hydrogen-bond acceptors (Lipinski definition) is 3. The number of amides is 1. The van der Waals surface area contributed by atoms with Gasteiger partial charge in [-0.2, -0.15) is 0 Å². The Morgan fingerprint density at radius 2 is 2.04 bits per heavy atom. The van der Waals surface area contributed by atoms with Gasteiger partial charge >= 0.3 is 0 Å². The lowest BCUT2D eigenvalue weighted by Gasteiger charge is -2.31. The molecule has 1 aliphatic rings. The van der Waals surface area contributed by atoms with Gasteiger partial charge in [0.15, 0.2) is 0 Å². The fraction of sp³-hybridized carbons (Fsp3) is 0.350. The number of hydrogen-bond donors (Lipinski definition) is 1. The summed E-state index contributed by atoms with van der Waals surface area (Å²) in [7, 11) is -3.53. The molecule has 1 N–H and O–H groups in total. The van der Waals surface area contributed by atoms with Crippen molar-refractivity contribution in [1.29, 1.82) is 0 Å². The number of carbonyl (C=O) groups is 1. The zero-order valence-electron chi connectivity index (χ0n) is 15.5. The molecule has 1 saturated heterocycles. The normalized spacial score (nSPS) is 18.0. The van der Waals surface area contributed by atoms with Crippen molar-refractivity contribution in [2.75, 3.05) is 18.4 Å². The molecule has 3 rings (SSSR count). The minimum Gasteiger partial charge on any atom is -0.326 e. The van der Waals surface area contributed by atoms with Crippen LogP contribution >= 0.6 is 11.6 Å².